The fraction of sp³-hybridized carbons (Fsp3) is 0.385. The Labute approximate surface area is 101 Å². The molecule has 1 aromatic rings. The van der Waals surface area contributed by atoms with Gasteiger partial charge < -0.3 is 10.1 Å². The van der Waals surface area contributed by atoms with Crippen LogP contribution >= 0.6 is 0 Å². The molecule has 0 aliphatic heterocycles. The molecule has 2 atom stereocenters. The van der Waals surface area contributed by atoms with E-state index in [0.29, 0.717) is 6.54 Å². The zero-order valence-electron chi connectivity index (χ0n) is 10.0. The van der Waals surface area contributed by atoms with Gasteiger partial charge in [-0.3, -0.25) is 4.79 Å². The molecule has 1 N–H and O–H groups in total. The SMILES string of the molecule is COC(C(=O)NCC(C)C#N)c1ccccc1. The van der Waals surface area contributed by atoms with Crippen LogP contribution in [0.25, 0.3) is 0 Å². The predicted octanol–water partition coefficient (Wildman–Crippen LogP) is 1.65. The maximum Gasteiger partial charge on any atom is 0.253 e. The Morgan fingerprint density at radius 3 is 2.65 bits per heavy atom. The van der Waals surface area contributed by atoms with E-state index >= 15 is 0 Å². The highest BCUT2D eigenvalue weighted by molar-refractivity contribution is 5.82. The normalized spacial score (nSPS) is 13.5. The molecule has 1 rings (SSSR count). The monoisotopic (exact) mass is 232 g/mol. The van der Waals surface area contributed by atoms with Gasteiger partial charge in [-0.15, -0.1) is 0 Å². The van der Waals surface area contributed by atoms with E-state index < -0.39 is 6.10 Å². The molecule has 1 aromatic carbocycles. The van der Waals surface area contributed by atoms with Crippen LogP contribution in [0.5, 0.6) is 0 Å². The predicted molar refractivity (Wildman–Crippen MR) is 64.0 cm³/mol. The number of carbonyl (C=O) groups is 1. The van der Waals surface area contributed by atoms with Crippen LogP contribution in [0, 0.1) is 17.2 Å². The van der Waals surface area contributed by atoms with Crippen molar-refractivity contribution in [1.82, 2.24) is 5.32 Å². The molecule has 0 heterocycles. The highest BCUT2D eigenvalue weighted by Gasteiger charge is 2.19. The Bertz CT molecular complexity index is 398. The summed E-state index contributed by atoms with van der Waals surface area (Å²) in [4.78, 5) is 11.8. The summed E-state index contributed by atoms with van der Waals surface area (Å²) in [5.41, 5.74) is 0.803. The number of nitrogens with one attached hydrogen (secondary N) is 1. The van der Waals surface area contributed by atoms with Crippen molar-refractivity contribution in [3.05, 3.63) is 35.9 Å². The van der Waals surface area contributed by atoms with Gasteiger partial charge in [-0.1, -0.05) is 30.3 Å². The third-order valence-corrected chi connectivity index (χ3v) is 2.38. The first kappa shape index (κ1) is 13.2. The first-order valence-electron chi connectivity index (χ1n) is 5.44. The van der Waals surface area contributed by atoms with Crippen LogP contribution in [0.1, 0.15) is 18.6 Å². The molecule has 90 valence electrons. The number of benzene rings is 1. The van der Waals surface area contributed by atoms with Gasteiger partial charge in [0.15, 0.2) is 6.10 Å². The van der Waals surface area contributed by atoms with Gasteiger partial charge in [0.05, 0.1) is 12.0 Å². The molecule has 4 nitrogen and oxygen atoms in total. The molecule has 0 bridgehead atoms. The maximum absolute atomic E-state index is 11.8. The van der Waals surface area contributed by atoms with Crippen LogP contribution in [0.4, 0.5) is 0 Å². The van der Waals surface area contributed by atoms with Crippen LogP contribution < -0.4 is 5.32 Å². The van der Waals surface area contributed by atoms with E-state index in [4.69, 9.17) is 10.00 Å². The molecule has 0 fully saturated rings. The van der Waals surface area contributed by atoms with Gasteiger partial charge in [-0.25, -0.2) is 0 Å². The summed E-state index contributed by atoms with van der Waals surface area (Å²) in [6.07, 6.45) is -0.623. The maximum atomic E-state index is 11.8. The second-order valence-electron chi connectivity index (χ2n) is 3.80. The fourth-order valence-corrected chi connectivity index (χ4v) is 1.41. The summed E-state index contributed by atoms with van der Waals surface area (Å²) >= 11 is 0. The van der Waals surface area contributed by atoms with E-state index in [2.05, 4.69) is 11.4 Å². The molecule has 0 aliphatic rings. The van der Waals surface area contributed by atoms with Crippen LogP contribution in [-0.4, -0.2) is 19.6 Å². The van der Waals surface area contributed by atoms with Gasteiger partial charge in [0, 0.05) is 13.7 Å². The van der Waals surface area contributed by atoms with Gasteiger partial charge in [-0.05, 0) is 12.5 Å². The quantitative estimate of drug-likeness (QED) is 0.839. The van der Waals surface area contributed by atoms with E-state index in [9.17, 15) is 4.79 Å². The Balaban J connectivity index is 2.63. The second kappa shape index (κ2) is 6.66. The molecule has 1 amide bonds. The number of ether oxygens (including phenoxy) is 1. The van der Waals surface area contributed by atoms with Crippen LogP contribution in [0.15, 0.2) is 30.3 Å². The Morgan fingerprint density at radius 2 is 2.12 bits per heavy atom. The fourth-order valence-electron chi connectivity index (χ4n) is 1.41. The lowest BCUT2D eigenvalue weighted by Crippen LogP contribution is -2.33. The van der Waals surface area contributed by atoms with Gasteiger partial charge in [-0.2, -0.15) is 5.26 Å². The van der Waals surface area contributed by atoms with E-state index in [1.807, 2.05) is 30.3 Å². The number of methoxy groups -OCH3 is 1. The number of nitriles is 1. The lowest BCUT2D eigenvalue weighted by Gasteiger charge is -2.15. The lowest BCUT2D eigenvalue weighted by molar-refractivity contribution is -0.131. The summed E-state index contributed by atoms with van der Waals surface area (Å²) in [5.74, 6) is -0.423. The lowest BCUT2D eigenvalue weighted by atomic mass is 10.1. The highest BCUT2D eigenvalue weighted by Crippen LogP contribution is 2.16. The highest BCUT2D eigenvalue weighted by atomic mass is 16.5. The number of carbonyl (C=O) groups excluding carboxylic acids is 1. The molecule has 0 aliphatic carbocycles. The third kappa shape index (κ3) is 3.89. The Kier molecular flexibility index (Phi) is 5.18. The Hall–Kier alpha value is -1.86. The first-order valence-corrected chi connectivity index (χ1v) is 5.44. The van der Waals surface area contributed by atoms with Crippen molar-refractivity contribution in [3.8, 4) is 6.07 Å². The van der Waals surface area contributed by atoms with E-state index in [1.165, 1.54) is 7.11 Å². The minimum absolute atomic E-state index is 0.202. The van der Waals surface area contributed by atoms with Crippen molar-refractivity contribution < 1.29 is 9.53 Å². The molecule has 0 saturated heterocycles. The van der Waals surface area contributed by atoms with Crippen LogP contribution in [-0.2, 0) is 9.53 Å². The standard InChI is InChI=1S/C13H16N2O2/c1-10(8-14)9-15-13(16)12(17-2)11-6-4-3-5-7-11/h3-7,10,12H,9H2,1-2H3,(H,15,16). The van der Waals surface area contributed by atoms with Crippen molar-refractivity contribution in [2.75, 3.05) is 13.7 Å². The molecule has 17 heavy (non-hydrogen) atoms. The average Bonchev–Trinajstić information content (AvgIpc) is 2.38. The van der Waals surface area contributed by atoms with Gasteiger partial charge in [0.2, 0.25) is 0 Å². The summed E-state index contributed by atoms with van der Waals surface area (Å²) < 4.78 is 5.17. The second-order valence-corrected chi connectivity index (χ2v) is 3.80. The summed E-state index contributed by atoms with van der Waals surface area (Å²) in [5, 5.41) is 11.3. The molecule has 0 saturated carbocycles. The number of rotatable bonds is 5. The van der Waals surface area contributed by atoms with E-state index in [1.54, 1.807) is 6.92 Å². The van der Waals surface area contributed by atoms with Gasteiger partial charge >= 0.3 is 0 Å². The zero-order valence-corrected chi connectivity index (χ0v) is 10.0. The molecule has 0 spiro atoms. The minimum Gasteiger partial charge on any atom is -0.367 e. The molecule has 2 unspecified atom stereocenters. The molecule has 4 heteroatoms. The third-order valence-electron chi connectivity index (χ3n) is 2.38. The number of hydrogen-bond acceptors (Lipinski definition) is 3. The average molecular weight is 232 g/mol. The van der Waals surface area contributed by atoms with Crippen molar-refractivity contribution in [2.45, 2.75) is 13.0 Å². The summed E-state index contributed by atoms with van der Waals surface area (Å²) in [6.45, 7) is 2.09. The Morgan fingerprint density at radius 1 is 1.47 bits per heavy atom. The van der Waals surface area contributed by atoms with Crippen molar-refractivity contribution in [2.24, 2.45) is 5.92 Å². The molecule has 0 aromatic heterocycles. The van der Waals surface area contributed by atoms with E-state index in [0.717, 1.165) is 5.56 Å². The molecular weight excluding hydrogens is 216 g/mol. The van der Waals surface area contributed by atoms with E-state index in [-0.39, 0.29) is 11.8 Å². The van der Waals surface area contributed by atoms with Gasteiger partial charge in [0.1, 0.15) is 0 Å². The number of amides is 1. The largest absolute Gasteiger partial charge is 0.367 e. The number of hydrogen-bond donors (Lipinski definition) is 1. The van der Waals surface area contributed by atoms with Gasteiger partial charge in [0.25, 0.3) is 5.91 Å². The van der Waals surface area contributed by atoms with Crippen LogP contribution in [0.2, 0.25) is 0 Å². The van der Waals surface area contributed by atoms with Crippen molar-refractivity contribution >= 4 is 5.91 Å². The summed E-state index contributed by atoms with van der Waals surface area (Å²) in [7, 11) is 1.49. The summed E-state index contributed by atoms with van der Waals surface area (Å²) in [6, 6.07) is 11.3. The molecule has 0 radical (unpaired) electrons. The van der Waals surface area contributed by atoms with Crippen molar-refractivity contribution in [3.63, 3.8) is 0 Å². The zero-order chi connectivity index (χ0) is 12.7. The van der Waals surface area contributed by atoms with Crippen LogP contribution in [0.3, 0.4) is 0 Å². The minimum atomic E-state index is -0.623. The first-order chi connectivity index (χ1) is 8.19. The van der Waals surface area contributed by atoms with Crippen molar-refractivity contribution in [1.29, 1.82) is 5.26 Å². The molecular formula is C13H16N2O2. The number of nitrogens with zero attached hydrogens (tertiary/aromatic N) is 1. The smallest absolute Gasteiger partial charge is 0.253 e. The topological polar surface area (TPSA) is 62.1 Å².